The van der Waals surface area contributed by atoms with Crippen molar-refractivity contribution in [1.29, 1.82) is 0 Å². The van der Waals surface area contributed by atoms with Gasteiger partial charge in [0.05, 0.1) is 5.41 Å². The zero-order valence-electron chi connectivity index (χ0n) is 24.8. The van der Waals surface area contributed by atoms with Gasteiger partial charge in [-0.3, -0.25) is 9.59 Å². The normalized spacial score (nSPS) is 36.4. The van der Waals surface area contributed by atoms with Gasteiger partial charge in [0.25, 0.3) is 5.60 Å². The van der Waals surface area contributed by atoms with Crippen LogP contribution in [0.1, 0.15) is 50.7 Å². The van der Waals surface area contributed by atoms with Crippen molar-refractivity contribution in [2.75, 3.05) is 6.61 Å². The summed E-state index contributed by atoms with van der Waals surface area (Å²) in [6.07, 6.45) is -4.23. The molecule has 2 bridgehead atoms. The van der Waals surface area contributed by atoms with Crippen LogP contribution in [-0.2, 0) is 51.0 Å². The van der Waals surface area contributed by atoms with Crippen LogP contribution < -0.4 is 0 Å². The van der Waals surface area contributed by atoms with Crippen molar-refractivity contribution >= 4 is 47.1 Å². The highest BCUT2D eigenvalue weighted by Gasteiger charge is 2.90. The van der Waals surface area contributed by atoms with E-state index in [0.717, 1.165) is 11.1 Å². The molecule has 2 N–H and O–H groups in total. The summed E-state index contributed by atoms with van der Waals surface area (Å²) < 4.78 is 23.1. The molecule has 2 aliphatic heterocycles. The number of carbonyl (C=O) groups excluding carboxylic acids is 4. The molecule has 1 spiro atoms. The van der Waals surface area contributed by atoms with Crippen LogP contribution in [0.15, 0.2) is 48.5 Å². The van der Waals surface area contributed by atoms with Crippen molar-refractivity contribution in [3.8, 4) is 0 Å². The molecule has 10 nitrogen and oxygen atoms in total. The van der Waals surface area contributed by atoms with Crippen molar-refractivity contribution in [2.45, 2.75) is 81.9 Å². The average molecular weight is 662 g/mol. The molecule has 8 atom stereocenters. The van der Waals surface area contributed by atoms with Gasteiger partial charge >= 0.3 is 23.9 Å². The third-order valence-electron chi connectivity index (χ3n) is 10.6. The predicted molar refractivity (Wildman–Crippen MR) is 159 cm³/mol. The molecular weight excluding hydrogens is 627 g/mol. The van der Waals surface area contributed by atoms with E-state index >= 15 is 0 Å². The van der Waals surface area contributed by atoms with Gasteiger partial charge in [-0.1, -0.05) is 54.4 Å². The molecule has 2 heterocycles. The van der Waals surface area contributed by atoms with E-state index in [1.54, 1.807) is 49.4 Å². The topological polar surface area (TPSA) is 146 Å². The second-order valence-corrected chi connectivity index (χ2v) is 13.7. The van der Waals surface area contributed by atoms with Crippen molar-refractivity contribution in [2.24, 2.45) is 16.7 Å². The summed E-state index contributed by atoms with van der Waals surface area (Å²) >= 11 is 12.2. The van der Waals surface area contributed by atoms with Gasteiger partial charge in [-0.25, -0.2) is 9.59 Å². The maximum atomic E-state index is 13.7. The van der Waals surface area contributed by atoms with Gasteiger partial charge in [-0.05, 0) is 67.5 Å². The van der Waals surface area contributed by atoms with Gasteiger partial charge in [-0.15, -0.1) is 0 Å². The molecule has 0 unspecified atom stereocenters. The Labute approximate surface area is 269 Å². The molecule has 0 amide bonds. The van der Waals surface area contributed by atoms with E-state index in [1.165, 1.54) is 6.92 Å². The minimum atomic E-state index is -2.26. The van der Waals surface area contributed by atoms with Gasteiger partial charge in [0.2, 0.25) is 0 Å². The summed E-state index contributed by atoms with van der Waals surface area (Å²) in [6, 6.07) is 14.0. The monoisotopic (exact) mass is 660 g/mol. The van der Waals surface area contributed by atoms with E-state index in [9.17, 15) is 29.4 Å². The van der Waals surface area contributed by atoms with Crippen LogP contribution in [0.2, 0.25) is 10.0 Å². The highest BCUT2D eigenvalue weighted by atomic mass is 35.5. The molecule has 45 heavy (non-hydrogen) atoms. The third kappa shape index (κ3) is 4.59. The first kappa shape index (κ1) is 31.8. The van der Waals surface area contributed by atoms with Crippen LogP contribution in [0.3, 0.4) is 0 Å². The molecule has 4 aliphatic rings. The van der Waals surface area contributed by atoms with Crippen molar-refractivity contribution < 1.29 is 48.3 Å². The fourth-order valence-electron chi connectivity index (χ4n) is 8.39. The first-order valence-corrected chi connectivity index (χ1v) is 15.7. The summed E-state index contributed by atoms with van der Waals surface area (Å²) in [4.78, 5) is 53.6. The van der Waals surface area contributed by atoms with Crippen LogP contribution in [0.25, 0.3) is 0 Å². The number of ether oxygens (including phenoxy) is 4. The average Bonchev–Trinajstić information content (AvgIpc) is 3.38. The lowest BCUT2D eigenvalue weighted by Gasteiger charge is -2.65. The largest absolute Gasteiger partial charge is 0.462 e. The van der Waals surface area contributed by atoms with E-state index in [0.29, 0.717) is 16.5 Å². The Morgan fingerprint density at radius 3 is 2.20 bits per heavy atom. The Bertz CT molecular complexity index is 1560. The van der Waals surface area contributed by atoms with E-state index < -0.39 is 76.7 Å². The molecule has 6 rings (SSSR count). The molecule has 240 valence electrons. The Morgan fingerprint density at radius 1 is 1.00 bits per heavy atom. The van der Waals surface area contributed by atoms with Crippen molar-refractivity contribution in [1.82, 2.24) is 0 Å². The number of aryl methyl sites for hydroxylation is 2. The molecule has 4 fully saturated rings. The lowest BCUT2D eigenvalue weighted by atomic mass is 9.43. The summed E-state index contributed by atoms with van der Waals surface area (Å²) in [6.45, 7) is 2.81. The molecule has 0 aromatic heterocycles. The van der Waals surface area contributed by atoms with E-state index in [1.807, 2.05) is 6.07 Å². The number of aliphatic hydroxyl groups excluding tert-OH is 1. The number of halogens is 2. The zero-order chi connectivity index (χ0) is 32.4. The number of hydrogen-bond donors (Lipinski definition) is 2. The molecule has 2 saturated heterocycles. The van der Waals surface area contributed by atoms with Crippen LogP contribution in [0, 0.1) is 16.7 Å². The first-order chi connectivity index (χ1) is 21.3. The van der Waals surface area contributed by atoms with Crippen LogP contribution in [0.5, 0.6) is 0 Å². The van der Waals surface area contributed by atoms with Gasteiger partial charge in [0, 0.05) is 34.7 Å². The molecular formula is C33H34Cl2O10. The standard InChI is InChI=1S/C33H34Cl2O10/c1-18-13-23(43-25(36)11-9-19-5-3-7-21(34)14-19)33(41)30(2)17-42-29(40)32(30,24-16-31(18,33)27(38)28(39)44-24)45-26(37)12-10-20-6-4-8-22(35)15-20/h3-8,14-15,18,23-24,27,38,41H,9-13,16-17H2,1-2H3/t18-,23-,24-,27+,30-,31+,32-,33+/m1/s1. The molecule has 12 heteroatoms. The number of fused-ring (bicyclic) bond motifs is 4. The van der Waals surface area contributed by atoms with E-state index in [-0.39, 0.29) is 32.1 Å². The number of esters is 4. The van der Waals surface area contributed by atoms with Crippen LogP contribution in [0.4, 0.5) is 0 Å². The van der Waals surface area contributed by atoms with E-state index in [2.05, 4.69) is 0 Å². The number of carbonyl (C=O) groups is 4. The summed E-state index contributed by atoms with van der Waals surface area (Å²) in [5.74, 6) is -4.05. The lowest BCUT2D eigenvalue weighted by Crippen LogP contribution is -2.83. The third-order valence-corrected chi connectivity index (χ3v) is 11.1. The summed E-state index contributed by atoms with van der Waals surface area (Å²) in [5.41, 5.74) is -6.30. The zero-order valence-corrected chi connectivity index (χ0v) is 26.3. The number of rotatable bonds is 8. The second-order valence-electron chi connectivity index (χ2n) is 12.8. The van der Waals surface area contributed by atoms with Crippen molar-refractivity contribution in [3.05, 3.63) is 69.7 Å². The highest BCUT2D eigenvalue weighted by molar-refractivity contribution is 6.30. The number of benzene rings is 2. The number of aliphatic hydroxyl groups is 2. The van der Waals surface area contributed by atoms with Crippen molar-refractivity contribution in [3.63, 3.8) is 0 Å². The van der Waals surface area contributed by atoms with Crippen LogP contribution in [-0.4, -0.2) is 70.2 Å². The minimum Gasteiger partial charge on any atom is -0.462 e. The van der Waals surface area contributed by atoms with Crippen LogP contribution >= 0.6 is 23.2 Å². The quantitative estimate of drug-likeness (QED) is 0.317. The first-order valence-electron chi connectivity index (χ1n) is 15.0. The number of cyclic esters (lactones) is 1. The predicted octanol–water partition coefficient (Wildman–Crippen LogP) is 3.76. The van der Waals surface area contributed by atoms with Gasteiger partial charge in [0.15, 0.2) is 12.2 Å². The summed E-state index contributed by atoms with van der Waals surface area (Å²) in [5, 5.41) is 25.4. The molecule has 2 aromatic carbocycles. The maximum Gasteiger partial charge on any atom is 0.355 e. The number of hydrogen-bond acceptors (Lipinski definition) is 10. The Kier molecular flexibility index (Phi) is 7.95. The SMILES string of the molecule is C[C@@H]1C[C@@H](OC(=O)CCc2cccc(Cl)c2)[C@@]2(O)[C@@]13C[C@@H](OC(=O)[C@@H]3O)[C@@]1(OC(=O)CCc3cccc(Cl)c3)C(=O)OC[C@@]21C. The Morgan fingerprint density at radius 2 is 1.60 bits per heavy atom. The molecule has 2 saturated carbocycles. The fourth-order valence-corrected chi connectivity index (χ4v) is 8.82. The molecule has 2 aliphatic carbocycles. The minimum absolute atomic E-state index is 0.0443. The van der Waals surface area contributed by atoms with E-state index in [4.69, 9.17) is 42.1 Å². The van der Waals surface area contributed by atoms with Gasteiger partial charge in [0.1, 0.15) is 18.3 Å². The smallest absolute Gasteiger partial charge is 0.355 e. The fraction of sp³-hybridized carbons (Fsp3) is 0.515. The lowest BCUT2D eigenvalue weighted by molar-refractivity contribution is -0.336. The Hall–Kier alpha value is -3.18. The second kappa shape index (κ2) is 11.3. The summed E-state index contributed by atoms with van der Waals surface area (Å²) in [7, 11) is 0. The molecule has 2 aromatic rings. The molecule has 0 radical (unpaired) electrons. The van der Waals surface area contributed by atoms with Gasteiger partial charge < -0.3 is 29.2 Å². The van der Waals surface area contributed by atoms with Gasteiger partial charge in [-0.2, -0.15) is 0 Å². The Balaban J connectivity index is 1.34. The highest BCUT2D eigenvalue weighted by Crippen LogP contribution is 2.73. The maximum absolute atomic E-state index is 13.7.